The van der Waals surface area contributed by atoms with Crippen LogP contribution in [-0.4, -0.2) is 70.0 Å². The maximum absolute atomic E-state index is 12.6. The summed E-state index contributed by atoms with van der Waals surface area (Å²) >= 11 is 0. The Labute approximate surface area is 137 Å². The van der Waals surface area contributed by atoms with Crippen LogP contribution in [0.25, 0.3) is 0 Å². The lowest BCUT2D eigenvalue weighted by molar-refractivity contribution is -0.140. The highest BCUT2D eigenvalue weighted by atomic mass is 16.3. The molecule has 1 amide bonds. The van der Waals surface area contributed by atoms with Gasteiger partial charge in [-0.15, -0.1) is 0 Å². The maximum atomic E-state index is 12.6. The van der Waals surface area contributed by atoms with Crippen LogP contribution in [0.3, 0.4) is 0 Å². The molecule has 23 heavy (non-hydrogen) atoms. The number of carbonyl (C=O) groups excluding carboxylic acids is 2. The molecule has 1 aromatic rings. The molecular formula is C17H27N3O3. The quantitative estimate of drug-likeness (QED) is 0.816. The number of rotatable bonds is 5. The summed E-state index contributed by atoms with van der Waals surface area (Å²) in [6, 6.07) is 1.97. The molecule has 0 radical (unpaired) electrons. The SMILES string of the molecule is CCn1c(C)cc(C(=O)CN2CCN(C(=O)C(C)O)CC2)c1C. The van der Waals surface area contributed by atoms with E-state index in [0.29, 0.717) is 32.7 Å². The van der Waals surface area contributed by atoms with Crippen molar-refractivity contribution in [2.45, 2.75) is 40.3 Å². The molecule has 0 aliphatic carbocycles. The van der Waals surface area contributed by atoms with Crippen molar-refractivity contribution >= 4 is 11.7 Å². The smallest absolute Gasteiger partial charge is 0.251 e. The van der Waals surface area contributed by atoms with Gasteiger partial charge in [-0.25, -0.2) is 0 Å². The number of hydrogen-bond acceptors (Lipinski definition) is 4. The topological polar surface area (TPSA) is 65.8 Å². The lowest BCUT2D eigenvalue weighted by atomic mass is 10.1. The summed E-state index contributed by atoms with van der Waals surface area (Å²) < 4.78 is 2.15. The summed E-state index contributed by atoms with van der Waals surface area (Å²) in [4.78, 5) is 28.1. The van der Waals surface area contributed by atoms with Gasteiger partial charge in [0.05, 0.1) is 6.54 Å². The average Bonchev–Trinajstić information content (AvgIpc) is 2.81. The molecule has 0 saturated carbocycles. The number of Topliss-reactive ketones (excluding diaryl/α,β-unsaturated/α-hetero) is 1. The van der Waals surface area contributed by atoms with Crippen LogP contribution in [0.5, 0.6) is 0 Å². The Bertz CT molecular complexity index is 584. The zero-order valence-electron chi connectivity index (χ0n) is 14.5. The molecule has 6 nitrogen and oxygen atoms in total. The Kier molecular flexibility index (Phi) is 5.59. The van der Waals surface area contributed by atoms with Crippen LogP contribution in [0, 0.1) is 13.8 Å². The first-order chi connectivity index (χ1) is 10.8. The van der Waals surface area contributed by atoms with Crippen molar-refractivity contribution in [1.29, 1.82) is 0 Å². The van der Waals surface area contributed by atoms with Gasteiger partial charge >= 0.3 is 0 Å². The first kappa shape index (κ1) is 17.7. The highest BCUT2D eigenvalue weighted by molar-refractivity contribution is 5.99. The number of piperazine rings is 1. The molecule has 6 heteroatoms. The van der Waals surface area contributed by atoms with Crippen molar-refractivity contribution in [2.75, 3.05) is 32.7 Å². The van der Waals surface area contributed by atoms with Crippen LogP contribution in [0.15, 0.2) is 6.07 Å². The lowest BCUT2D eigenvalue weighted by Gasteiger charge is -2.34. The van der Waals surface area contributed by atoms with Gasteiger partial charge < -0.3 is 14.6 Å². The molecule has 1 unspecified atom stereocenters. The van der Waals surface area contributed by atoms with Gasteiger partial charge in [0.2, 0.25) is 0 Å². The molecule has 1 aliphatic rings. The van der Waals surface area contributed by atoms with E-state index in [4.69, 9.17) is 0 Å². The van der Waals surface area contributed by atoms with E-state index in [1.165, 1.54) is 6.92 Å². The normalized spacial score (nSPS) is 17.3. The summed E-state index contributed by atoms with van der Waals surface area (Å²) in [6.07, 6.45) is -0.956. The monoisotopic (exact) mass is 321 g/mol. The lowest BCUT2D eigenvalue weighted by Crippen LogP contribution is -2.51. The molecule has 0 spiro atoms. The first-order valence-corrected chi connectivity index (χ1v) is 8.24. The first-order valence-electron chi connectivity index (χ1n) is 8.24. The number of amides is 1. The molecule has 0 bridgehead atoms. The van der Waals surface area contributed by atoms with Crippen molar-refractivity contribution in [2.24, 2.45) is 0 Å². The minimum atomic E-state index is -0.956. The third kappa shape index (κ3) is 3.82. The highest BCUT2D eigenvalue weighted by Gasteiger charge is 2.25. The zero-order chi connectivity index (χ0) is 17.1. The van der Waals surface area contributed by atoms with Crippen LogP contribution in [0.2, 0.25) is 0 Å². The summed E-state index contributed by atoms with van der Waals surface area (Å²) in [7, 11) is 0. The molecule has 2 rings (SSSR count). The second kappa shape index (κ2) is 7.27. The number of aromatic nitrogens is 1. The number of carbonyl (C=O) groups is 2. The number of aryl methyl sites for hydroxylation is 1. The zero-order valence-corrected chi connectivity index (χ0v) is 14.5. The van der Waals surface area contributed by atoms with Crippen LogP contribution >= 0.6 is 0 Å². The Morgan fingerprint density at radius 2 is 1.83 bits per heavy atom. The van der Waals surface area contributed by atoms with Crippen molar-refractivity contribution in [1.82, 2.24) is 14.4 Å². The maximum Gasteiger partial charge on any atom is 0.251 e. The van der Waals surface area contributed by atoms with Gasteiger partial charge in [-0.2, -0.15) is 0 Å². The molecule has 0 aromatic carbocycles. The summed E-state index contributed by atoms with van der Waals surface area (Å²) in [5.74, 6) is -0.101. The number of aliphatic hydroxyl groups excluding tert-OH is 1. The Hall–Kier alpha value is -1.66. The van der Waals surface area contributed by atoms with E-state index >= 15 is 0 Å². The van der Waals surface area contributed by atoms with Gasteiger partial charge in [0, 0.05) is 49.7 Å². The van der Waals surface area contributed by atoms with Gasteiger partial charge in [0.15, 0.2) is 5.78 Å². The van der Waals surface area contributed by atoms with E-state index in [2.05, 4.69) is 16.4 Å². The Morgan fingerprint density at radius 1 is 1.22 bits per heavy atom. The molecule has 1 atom stereocenters. The summed E-state index contributed by atoms with van der Waals surface area (Å²) in [6.45, 7) is 11.3. The van der Waals surface area contributed by atoms with Gasteiger partial charge in [-0.1, -0.05) is 0 Å². The fourth-order valence-electron chi connectivity index (χ4n) is 3.25. The molecule has 1 aliphatic heterocycles. The minimum Gasteiger partial charge on any atom is -0.384 e. The summed E-state index contributed by atoms with van der Waals surface area (Å²) in [5.41, 5.74) is 2.94. The molecule has 1 aromatic heterocycles. The Morgan fingerprint density at radius 3 is 2.30 bits per heavy atom. The number of nitrogens with zero attached hydrogens (tertiary/aromatic N) is 3. The van der Waals surface area contributed by atoms with Crippen molar-refractivity contribution < 1.29 is 14.7 Å². The molecule has 1 fully saturated rings. The third-order valence-electron chi connectivity index (χ3n) is 4.60. The third-order valence-corrected chi connectivity index (χ3v) is 4.60. The number of aliphatic hydroxyl groups is 1. The number of ketones is 1. The average molecular weight is 321 g/mol. The van der Waals surface area contributed by atoms with Crippen LogP contribution in [0.1, 0.15) is 35.6 Å². The van der Waals surface area contributed by atoms with E-state index < -0.39 is 6.10 Å². The Balaban J connectivity index is 1.94. The second-order valence-electron chi connectivity index (χ2n) is 6.23. The predicted molar refractivity (Wildman–Crippen MR) is 88.6 cm³/mol. The van der Waals surface area contributed by atoms with Crippen molar-refractivity contribution in [3.63, 3.8) is 0 Å². The van der Waals surface area contributed by atoms with Gasteiger partial charge in [0.1, 0.15) is 6.10 Å². The van der Waals surface area contributed by atoms with Gasteiger partial charge in [-0.05, 0) is 33.8 Å². The highest BCUT2D eigenvalue weighted by Crippen LogP contribution is 2.16. The fourth-order valence-corrected chi connectivity index (χ4v) is 3.25. The number of hydrogen-bond donors (Lipinski definition) is 1. The van der Waals surface area contributed by atoms with Gasteiger partial charge in [-0.3, -0.25) is 14.5 Å². The predicted octanol–water partition coefficient (Wildman–Crippen LogP) is 0.833. The van der Waals surface area contributed by atoms with Crippen LogP contribution < -0.4 is 0 Å². The molecular weight excluding hydrogens is 294 g/mol. The summed E-state index contributed by atoms with van der Waals surface area (Å²) in [5, 5.41) is 9.35. The molecule has 1 saturated heterocycles. The molecule has 2 heterocycles. The van der Waals surface area contributed by atoms with E-state index in [-0.39, 0.29) is 11.7 Å². The van der Waals surface area contributed by atoms with E-state index in [1.54, 1.807) is 4.90 Å². The van der Waals surface area contributed by atoms with Crippen molar-refractivity contribution in [3.8, 4) is 0 Å². The standard InChI is InChI=1S/C17H27N3O3/c1-5-20-12(2)10-15(13(20)3)16(22)11-18-6-8-19(9-7-18)17(23)14(4)21/h10,14,21H,5-9,11H2,1-4H3. The second-order valence-corrected chi connectivity index (χ2v) is 6.23. The van der Waals surface area contributed by atoms with Crippen LogP contribution in [-0.2, 0) is 11.3 Å². The van der Waals surface area contributed by atoms with E-state index in [9.17, 15) is 14.7 Å². The molecule has 128 valence electrons. The van der Waals surface area contributed by atoms with Gasteiger partial charge in [0.25, 0.3) is 5.91 Å². The minimum absolute atomic E-state index is 0.133. The van der Waals surface area contributed by atoms with Crippen LogP contribution in [0.4, 0.5) is 0 Å². The largest absolute Gasteiger partial charge is 0.384 e. The molecule has 1 N–H and O–H groups in total. The van der Waals surface area contributed by atoms with Crippen molar-refractivity contribution in [3.05, 3.63) is 23.0 Å². The fraction of sp³-hybridized carbons (Fsp3) is 0.647. The van der Waals surface area contributed by atoms with E-state index in [1.807, 2.05) is 19.9 Å². The van der Waals surface area contributed by atoms with E-state index in [0.717, 1.165) is 23.5 Å².